The van der Waals surface area contributed by atoms with E-state index in [0.29, 0.717) is 0 Å². The molecule has 0 aliphatic rings. The van der Waals surface area contributed by atoms with E-state index < -0.39 is 0 Å². The molecule has 0 spiro atoms. The third kappa shape index (κ3) is 4.09. The zero-order valence-corrected chi connectivity index (χ0v) is 13.0. The molecule has 0 radical (unpaired) electrons. The highest BCUT2D eigenvalue weighted by Crippen LogP contribution is 2.22. The highest BCUT2D eigenvalue weighted by atomic mass is 14.2. The Labute approximate surface area is 123 Å². The summed E-state index contributed by atoms with van der Waals surface area (Å²) in [5.41, 5.74) is 5.55. The van der Waals surface area contributed by atoms with E-state index in [4.69, 9.17) is 0 Å². The number of allylic oxidation sites excluding steroid dienone is 1. The Morgan fingerprint density at radius 2 is 1.45 bits per heavy atom. The van der Waals surface area contributed by atoms with Crippen molar-refractivity contribution in [3.05, 3.63) is 76.9 Å². The molecule has 104 valence electrons. The van der Waals surface area contributed by atoms with Gasteiger partial charge in [-0.3, -0.25) is 0 Å². The SMILES string of the molecule is Cc1ccc(CC=Cc2ccc(C(C)(C)C)cc2)cc1. The van der Waals surface area contributed by atoms with Gasteiger partial charge in [-0.15, -0.1) is 0 Å². The highest BCUT2D eigenvalue weighted by Gasteiger charge is 2.12. The van der Waals surface area contributed by atoms with Crippen LogP contribution in [0.4, 0.5) is 0 Å². The molecule has 0 saturated heterocycles. The van der Waals surface area contributed by atoms with Gasteiger partial charge >= 0.3 is 0 Å². The zero-order valence-electron chi connectivity index (χ0n) is 13.0. The van der Waals surface area contributed by atoms with E-state index in [0.717, 1.165) is 6.42 Å². The van der Waals surface area contributed by atoms with Gasteiger partial charge < -0.3 is 0 Å². The van der Waals surface area contributed by atoms with E-state index in [2.05, 4.69) is 88.4 Å². The fourth-order valence-electron chi connectivity index (χ4n) is 2.15. The van der Waals surface area contributed by atoms with Crippen molar-refractivity contribution in [2.45, 2.75) is 39.5 Å². The standard InChI is InChI=1S/C20H24/c1-16-8-10-17(11-9-16)6-5-7-18-12-14-19(15-13-18)20(2,3)4/h5,7-15H,6H2,1-4H3. The van der Waals surface area contributed by atoms with Crippen LogP contribution >= 0.6 is 0 Å². The van der Waals surface area contributed by atoms with Gasteiger partial charge in [-0.25, -0.2) is 0 Å². The molecule has 2 aromatic rings. The van der Waals surface area contributed by atoms with E-state index >= 15 is 0 Å². The molecule has 0 atom stereocenters. The van der Waals surface area contributed by atoms with Crippen LogP contribution in [0.5, 0.6) is 0 Å². The van der Waals surface area contributed by atoms with Crippen molar-refractivity contribution in [2.24, 2.45) is 0 Å². The molecule has 0 bridgehead atoms. The maximum absolute atomic E-state index is 2.25. The topological polar surface area (TPSA) is 0 Å². The van der Waals surface area contributed by atoms with Crippen LogP contribution in [0.3, 0.4) is 0 Å². The minimum Gasteiger partial charge on any atom is -0.0795 e. The fourth-order valence-corrected chi connectivity index (χ4v) is 2.15. The minimum atomic E-state index is 0.226. The Hall–Kier alpha value is -1.82. The largest absolute Gasteiger partial charge is 0.0795 e. The molecular formula is C20H24. The first-order valence-electron chi connectivity index (χ1n) is 7.28. The van der Waals surface area contributed by atoms with Crippen LogP contribution in [0.25, 0.3) is 6.08 Å². The van der Waals surface area contributed by atoms with Gasteiger partial charge in [0.25, 0.3) is 0 Å². The first kappa shape index (κ1) is 14.6. The number of benzene rings is 2. The van der Waals surface area contributed by atoms with Crippen molar-refractivity contribution in [1.29, 1.82) is 0 Å². The van der Waals surface area contributed by atoms with E-state index in [9.17, 15) is 0 Å². The lowest BCUT2D eigenvalue weighted by molar-refractivity contribution is 0.590. The first-order chi connectivity index (χ1) is 9.45. The molecule has 0 aliphatic carbocycles. The van der Waals surface area contributed by atoms with Crippen molar-refractivity contribution in [1.82, 2.24) is 0 Å². The third-order valence-corrected chi connectivity index (χ3v) is 3.56. The second-order valence-electron chi connectivity index (χ2n) is 6.46. The number of aryl methyl sites for hydroxylation is 1. The highest BCUT2D eigenvalue weighted by molar-refractivity contribution is 5.50. The molecule has 20 heavy (non-hydrogen) atoms. The molecule has 0 saturated carbocycles. The van der Waals surface area contributed by atoms with Crippen molar-refractivity contribution in [2.75, 3.05) is 0 Å². The Morgan fingerprint density at radius 1 is 0.850 bits per heavy atom. The average Bonchev–Trinajstić information content (AvgIpc) is 2.41. The van der Waals surface area contributed by atoms with E-state index in [1.165, 1.54) is 22.3 Å². The fraction of sp³-hybridized carbons (Fsp3) is 0.300. The molecule has 0 aliphatic heterocycles. The van der Waals surface area contributed by atoms with Crippen LogP contribution in [-0.2, 0) is 11.8 Å². The van der Waals surface area contributed by atoms with Crippen LogP contribution in [0.15, 0.2) is 54.6 Å². The van der Waals surface area contributed by atoms with Crippen molar-refractivity contribution in [3.8, 4) is 0 Å². The molecule has 2 aromatic carbocycles. The Kier molecular flexibility index (Phi) is 4.44. The molecule has 0 amide bonds. The number of rotatable bonds is 3. The van der Waals surface area contributed by atoms with E-state index in [1.807, 2.05) is 0 Å². The summed E-state index contributed by atoms with van der Waals surface area (Å²) in [5, 5.41) is 0. The van der Waals surface area contributed by atoms with E-state index in [1.54, 1.807) is 0 Å². The lowest BCUT2D eigenvalue weighted by Crippen LogP contribution is -2.10. The van der Waals surface area contributed by atoms with Gasteiger partial charge in [0, 0.05) is 0 Å². The first-order valence-corrected chi connectivity index (χ1v) is 7.28. The van der Waals surface area contributed by atoms with Crippen molar-refractivity contribution >= 4 is 6.08 Å². The average molecular weight is 264 g/mol. The summed E-state index contributed by atoms with van der Waals surface area (Å²) in [5.74, 6) is 0. The molecule has 0 aromatic heterocycles. The van der Waals surface area contributed by atoms with Gasteiger partial charge in [0.05, 0.1) is 0 Å². The second kappa shape index (κ2) is 6.09. The minimum absolute atomic E-state index is 0.226. The second-order valence-corrected chi connectivity index (χ2v) is 6.46. The quantitative estimate of drug-likeness (QED) is 0.682. The number of hydrogen-bond acceptors (Lipinski definition) is 0. The summed E-state index contributed by atoms with van der Waals surface area (Å²) in [6, 6.07) is 17.6. The summed E-state index contributed by atoms with van der Waals surface area (Å²) in [6.07, 6.45) is 5.42. The van der Waals surface area contributed by atoms with E-state index in [-0.39, 0.29) is 5.41 Å². The molecule has 0 N–H and O–H groups in total. The summed E-state index contributed by atoms with van der Waals surface area (Å²) in [6.45, 7) is 8.86. The van der Waals surface area contributed by atoms with Crippen molar-refractivity contribution < 1.29 is 0 Å². The van der Waals surface area contributed by atoms with Gasteiger partial charge in [0.2, 0.25) is 0 Å². The molecule has 0 unspecified atom stereocenters. The summed E-state index contributed by atoms with van der Waals surface area (Å²) < 4.78 is 0. The van der Waals surface area contributed by atoms with Crippen LogP contribution < -0.4 is 0 Å². The maximum atomic E-state index is 2.25. The smallest absolute Gasteiger partial charge is 0.00941 e. The predicted molar refractivity (Wildman–Crippen MR) is 89.1 cm³/mol. The molecule has 0 heterocycles. The molecule has 0 heteroatoms. The monoisotopic (exact) mass is 264 g/mol. The molecule has 0 fully saturated rings. The Morgan fingerprint density at radius 3 is 2.00 bits per heavy atom. The Bertz CT molecular complexity index is 563. The lowest BCUT2D eigenvalue weighted by atomic mass is 9.87. The molecular weight excluding hydrogens is 240 g/mol. The van der Waals surface area contributed by atoms with Crippen LogP contribution in [-0.4, -0.2) is 0 Å². The van der Waals surface area contributed by atoms with Gasteiger partial charge in [-0.1, -0.05) is 87.0 Å². The predicted octanol–water partition coefficient (Wildman–Crippen LogP) is 5.55. The van der Waals surface area contributed by atoms with Crippen molar-refractivity contribution in [3.63, 3.8) is 0 Å². The summed E-state index contributed by atoms with van der Waals surface area (Å²) in [7, 11) is 0. The van der Waals surface area contributed by atoms with Gasteiger partial charge in [0.1, 0.15) is 0 Å². The third-order valence-electron chi connectivity index (χ3n) is 3.56. The Balaban J connectivity index is 1.99. The van der Waals surface area contributed by atoms with Crippen LogP contribution in [0, 0.1) is 6.92 Å². The summed E-state index contributed by atoms with van der Waals surface area (Å²) in [4.78, 5) is 0. The molecule has 2 rings (SSSR count). The van der Waals surface area contributed by atoms with Gasteiger partial charge in [-0.2, -0.15) is 0 Å². The molecule has 0 nitrogen and oxygen atoms in total. The van der Waals surface area contributed by atoms with Crippen LogP contribution in [0.2, 0.25) is 0 Å². The van der Waals surface area contributed by atoms with Gasteiger partial charge in [-0.05, 0) is 35.4 Å². The van der Waals surface area contributed by atoms with Crippen LogP contribution in [0.1, 0.15) is 43.0 Å². The normalized spacial score (nSPS) is 12.0. The maximum Gasteiger partial charge on any atom is -0.00941 e. The van der Waals surface area contributed by atoms with Gasteiger partial charge in [0.15, 0.2) is 0 Å². The zero-order chi connectivity index (χ0) is 14.6. The lowest BCUT2D eigenvalue weighted by Gasteiger charge is -2.18. The summed E-state index contributed by atoms with van der Waals surface area (Å²) >= 11 is 0. The number of hydrogen-bond donors (Lipinski definition) is 0.